The van der Waals surface area contributed by atoms with Crippen LogP contribution in [0.1, 0.15) is 19.8 Å². The van der Waals surface area contributed by atoms with Gasteiger partial charge in [0.2, 0.25) is 5.95 Å². The fraction of sp³-hybridized carbons (Fsp3) is 0.450. The highest BCUT2D eigenvalue weighted by Gasteiger charge is 2.30. The highest BCUT2D eigenvalue weighted by atomic mass is 15.3. The molecule has 3 aromatic rings. The second-order valence-corrected chi connectivity index (χ2v) is 7.26. The predicted molar refractivity (Wildman–Crippen MR) is 102 cm³/mol. The topological polar surface area (TPSA) is 40.1 Å². The lowest BCUT2D eigenvalue weighted by molar-refractivity contribution is 0.250. The van der Waals surface area contributed by atoms with Crippen LogP contribution in [0.25, 0.3) is 22.2 Å². The molecule has 0 atom stereocenters. The van der Waals surface area contributed by atoms with Crippen LogP contribution in [-0.2, 0) is 6.54 Å². The fourth-order valence-corrected chi connectivity index (χ4v) is 4.40. The maximum absolute atomic E-state index is 4.73. The first-order chi connectivity index (χ1) is 12.3. The zero-order valence-electron chi connectivity index (χ0n) is 14.8. The molecule has 25 heavy (non-hydrogen) atoms. The third-order valence-electron chi connectivity index (χ3n) is 5.92. The number of aromatic nitrogens is 3. The minimum atomic E-state index is 0.637. The molecular weight excluding hydrogens is 310 g/mol. The molecule has 0 unspecified atom stereocenters. The molecule has 5 heterocycles. The van der Waals surface area contributed by atoms with Gasteiger partial charge in [-0.25, -0.2) is 4.98 Å². The van der Waals surface area contributed by atoms with Crippen molar-refractivity contribution in [2.45, 2.75) is 32.4 Å². The Labute approximate surface area is 148 Å². The summed E-state index contributed by atoms with van der Waals surface area (Å²) >= 11 is 0. The van der Waals surface area contributed by atoms with E-state index in [4.69, 9.17) is 4.98 Å². The van der Waals surface area contributed by atoms with E-state index in [-0.39, 0.29) is 0 Å². The number of benzene rings is 1. The van der Waals surface area contributed by atoms with Crippen molar-refractivity contribution >= 4 is 16.9 Å². The summed E-state index contributed by atoms with van der Waals surface area (Å²) in [4.78, 5) is 13.4. The van der Waals surface area contributed by atoms with Gasteiger partial charge in [-0.2, -0.15) is 0 Å². The van der Waals surface area contributed by atoms with E-state index in [1.54, 1.807) is 0 Å². The number of nitrogens with zero attached hydrogens (tertiary/aromatic N) is 4. The van der Waals surface area contributed by atoms with Gasteiger partial charge in [-0.15, -0.1) is 0 Å². The Hall–Kier alpha value is -2.27. The molecular formula is C20H25N5. The van der Waals surface area contributed by atoms with E-state index < -0.39 is 0 Å². The molecule has 3 saturated heterocycles. The van der Waals surface area contributed by atoms with E-state index in [2.05, 4.69) is 56.7 Å². The lowest BCUT2D eigenvalue weighted by atomic mass is 10.1. The average molecular weight is 335 g/mol. The molecule has 0 amide bonds. The average Bonchev–Trinajstić information content (AvgIpc) is 3.20. The van der Waals surface area contributed by atoms with E-state index in [0.717, 1.165) is 31.3 Å². The van der Waals surface area contributed by atoms with Gasteiger partial charge in [0.1, 0.15) is 0 Å². The lowest BCUT2D eigenvalue weighted by Gasteiger charge is -2.31. The number of nitrogens with one attached hydrogen (secondary N) is 1. The minimum Gasteiger partial charge on any atom is -0.348 e. The van der Waals surface area contributed by atoms with Crippen molar-refractivity contribution in [1.29, 1.82) is 0 Å². The van der Waals surface area contributed by atoms with Crippen LogP contribution in [0.2, 0.25) is 0 Å². The summed E-state index contributed by atoms with van der Waals surface area (Å²) in [6.45, 7) is 7.88. The molecule has 2 aromatic heterocycles. The van der Waals surface area contributed by atoms with Gasteiger partial charge in [-0.05, 0) is 37.3 Å². The SMILES string of the molecule is CCn1ccc2ccc(-c3cnc(N4CCN5CCC4CC5)[nH]3)cc21. The summed E-state index contributed by atoms with van der Waals surface area (Å²) in [6, 6.07) is 9.50. The second kappa shape index (κ2) is 5.92. The molecule has 5 heteroatoms. The van der Waals surface area contributed by atoms with Crippen molar-refractivity contribution in [2.75, 3.05) is 31.1 Å². The third kappa shape index (κ3) is 2.54. The van der Waals surface area contributed by atoms with Gasteiger partial charge in [0.05, 0.1) is 11.9 Å². The first-order valence-electron chi connectivity index (χ1n) is 9.45. The van der Waals surface area contributed by atoms with Crippen molar-refractivity contribution in [3.05, 3.63) is 36.7 Å². The largest absolute Gasteiger partial charge is 0.348 e. The Morgan fingerprint density at radius 2 is 2.00 bits per heavy atom. The zero-order valence-corrected chi connectivity index (χ0v) is 14.8. The van der Waals surface area contributed by atoms with E-state index in [1.807, 2.05) is 6.20 Å². The molecule has 2 bridgehead atoms. The van der Waals surface area contributed by atoms with E-state index in [9.17, 15) is 0 Å². The Morgan fingerprint density at radius 1 is 1.12 bits per heavy atom. The Balaban J connectivity index is 1.48. The van der Waals surface area contributed by atoms with Crippen LogP contribution in [0.3, 0.4) is 0 Å². The fourth-order valence-electron chi connectivity index (χ4n) is 4.40. The number of H-pyrrole nitrogens is 1. The minimum absolute atomic E-state index is 0.637. The number of anilines is 1. The van der Waals surface area contributed by atoms with Gasteiger partial charge in [-0.1, -0.05) is 12.1 Å². The highest BCUT2D eigenvalue weighted by Crippen LogP contribution is 2.28. The van der Waals surface area contributed by atoms with Crippen LogP contribution in [0.15, 0.2) is 36.7 Å². The molecule has 0 saturated carbocycles. The molecule has 130 valence electrons. The quantitative estimate of drug-likeness (QED) is 0.798. The Bertz CT molecular complexity index is 885. The summed E-state index contributed by atoms with van der Waals surface area (Å²) < 4.78 is 2.29. The van der Waals surface area contributed by atoms with Crippen molar-refractivity contribution in [3.63, 3.8) is 0 Å². The molecule has 3 aliphatic rings. The van der Waals surface area contributed by atoms with E-state index in [0.29, 0.717) is 6.04 Å². The first kappa shape index (κ1) is 15.0. The van der Waals surface area contributed by atoms with E-state index >= 15 is 0 Å². The molecule has 3 fully saturated rings. The number of imidazole rings is 1. The molecule has 5 nitrogen and oxygen atoms in total. The monoisotopic (exact) mass is 335 g/mol. The normalized spacial score (nSPS) is 23.3. The number of aromatic amines is 1. The van der Waals surface area contributed by atoms with Gasteiger partial charge >= 0.3 is 0 Å². The number of fused-ring (bicyclic) bond motifs is 5. The van der Waals surface area contributed by atoms with Crippen molar-refractivity contribution in [2.24, 2.45) is 0 Å². The van der Waals surface area contributed by atoms with Crippen LogP contribution in [0, 0.1) is 0 Å². The molecule has 1 N–H and O–H groups in total. The second-order valence-electron chi connectivity index (χ2n) is 7.26. The lowest BCUT2D eigenvalue weighted by Crippen LogP contribution is -2.38. The third-order valence-corrected chi connectivity index (χ3v) is 5.92. The number of aryl methyl sites for hydroxylation is 1. The molecule has 0 spiro atoms. The van der Waals surface area contributed by atoms with Crippen molar-refractivity contribution < 1.29 is 0 Å². The van der Waals surface area contributed by atoms with Crippen LogP contribution in [-0.4, -0.2) is 51.7 Å². The summed E-state index contributed by atoms with van der Waals surface area (Å²) in [5, 5.41) is 1.30. The van der Waals surface area contributed by atoms with Crippen molar-refractivity contribution in [3.8, 4) is 11.3 Å². The summed E-state index contributed by atoms with van der Waals surface area (Å²) in [5.74, 6) is 1.04. The number of hydrogen-bond donors (Lipinski definition) is 1. The summed E-state index contributed by atoms with van der Waals surface area (Å²) in [5.41, 5.74) is 3.61. The van der Waals surface area contributed by atoms with Crippen LogP contribution < -0.4 is 4.90 Å². The van der Waals surface area contributed by atoms with Crippen LogP contribution >= 0.6 is 0 Å². The summed E-state index contributed by atoms with van der Waals surface area (Å²) in [6.07, 6.45) is 6.67. The van der Waals surface area contributed by atoms with Crippen LogP contribution in [0.5, 0.6) is 0 Å². The molecule has 3 aliphatic heterocycles. The molecule has 0 radical (unpaired) electrons. The van der Waals surface area contributed by atoms with Crippen LogP contribution in [0.4, 0.5) is 5.95 Å². The number of piperidine rings is 1. The Kier molecular flexibility index (Phi) is 3.55. The predicted octanol–water partition coefficient (Wildman–Crippen LogP) is 3.34. The van der Waals surface area contributed by atoms with Gasteiger partial charge in [0.25, 0.3) is 0 Å². The maximum Gasteiger partial charge on any atom is 0.203 e. The van der Waals surface area contributed by atoms with Gasteiger partial charge < -0.3 is 19.4 Å². The van der Waals surface area contributed by atoms with Gasteiger partial charge in [0.15, 0.2) is 0 Å². The van der Waals surface area contributed by atoms with Crippen molar-refractivity contribution in [1.82, 2.24) is 19.4 Å². The number of rotatable bonds is 3. The molecule has 0 aliphatic carbocycles. The highest BCUT2D eigenvalue weighted by molar-refractivity contribution is 5.85. The maximum atomic E-state index is 4.73. The smallest absolute Gasteiger partial charge is 0.203 e. The first-order valence-corrected chi connectivity index (χ1v) is 9.45. The Morgan fingerprint density at radius 3 is 2.84 bits per heavy atom. The van der Waals surface area contributed by atoms with Gasteiger partial charge in [0, 0.05) is 56.0 Å². The van der Waals surface area contributed by atoms with E-state index in [1.165, 1.54) is 42.4 Å². The zero-order chi connectivity index (χ0) is 16.8. The molecule has 6 rings (SSSR count). The molecule has 1 aromatic carbocycles. The number of hydrogen-bond acceptors (Lipinski definition) is 3. The van der Waals surface area contributed by atoms with Gasteiger partial charge in [-0.3, -0.25) is 0 Å². The summed E-state index contributed by atoms with van der Waals surface area (Å²) in [7, 11) is 0. The standard InChI is InChI=1S/C20H25N5/c1-2-24-10-5-15-3-4-16(13-19(15)24)18-14-21-20(22-18)25-12-11-23-8-6-17(25)7-9-23/h3-5,10,13-14,17H,2,6-9,11-12H2,1H3,(H,21,22).